The smallest absolute Gasteiger partial charge is 0.266 e. The van der Waals surface area contributed by atoms with Crippen molar-refractivity contribution in [1.82, 2.24) is 4.90 Å². The number of anilines is 1. The lowest BCUT2D eigenvalue weighted by Crippen LogP contribution is -2.44. The molecule has 0 radical (unpaired) electrons. The molecule has 21 heavy (non-hydrogen) atoms. The molecule has 1 aliphatic rings. The molecule has 1 aromatic carbocycles. The first kappa shape index (κ1) is 14.7. The summed E-state index contributed by atoms with van der Waals surface area (Å²) in [5.41, 5.74) is 6.72. The highest BCUT2D eigenvalue weighted by atomic mass is 35.5. The number of nitrogens with two attached hydrogens (primary N) is 1. The van der Waals surface area contributed by atoms with E-state index in [4.69, 9.17) is 17.3 Å². The van der Waals surface area contributed by atoms with Crippen LogP contribution in [0.1, 0.15) is 36.4 Å². The van der Waals surface area contributed by atoms with Crippen LogP contribution < -0.4 is 5.73 Å². The van der Waals surface area contributed by atoms with Crippen LogP contribution in [0.5, 0.6) is 0 Å². The van der Waals surface area contributed by atoms with Gasteiger partial charge < -0.3 is 10.6 Å². The zero-order chi connectivity index (χ0) is 15.1. The van der Waals surface area contributed by atoms with Crippen molar-refractivity contribution in [2.75, 3.05) is 12.3 Å². The topological polar surface area (TPSA) is 46.3 Å². The van der Waals surface area contributed by atoms with Crippen molar-refractivity contribution in [3.63, 3.8) is 0 Å². The van der Waals surface area contributed by atoms with E-state index in [9.17, 15) is 4.79 Å². The minimum absolute atomic E-state index is 0.0455. The number of benzene rings is 1. The van der Waals surface area contributed by atoms with Gasteiger partial charge in [0.1, 0.15) is 4.88 Å². The zero-order valence-corrected chi connectivity index (χ0v) is 13.8. The summed E-state index contributed by atoms with van der Waals surface area (Å²) < 4.78 is 0.974. The number of piperidine rings is 1. The molecule has 2 heterocycles. The van der Waals surface area contributed by atoms with Gasteiger partial charge in [0.25, 0.3) is 5.91 Å². The largest absolute Gasteiger partial charge is 0.397 e. The molecule has 0 saturated carbocycles. The molecular weight excluding hydrogens is 304 g/mol. The second-order valence-electron chi connectivity index (χ2n) is 5.93. The number of hydrogen-bond acceptors (Lipinski definition) is 3. The van der Waals surface area contributed by atoms with Gasteiger partial charge in [-0.15, -0.1) is 11.3 Å². The van der Waals surface area contributed by atoms with Crippen molar-refractivity contribution in [1.29, 1.82) is 0 Å². The molecule has 1 saturated heterocycles. The van der Waals surface area contributed by atoms with Crippen LogP contribution in [0.4, 0.5) is 5.69 Å². The van der Waals surface area contributed by atoms with Crippen LogP contribution in [0.2, 0.25) is 5.02 Å². The van der Waals surface area contributed by atoms with Gasteiger partial charge in [0, 0.05) is 22.7 Å². The molecule has 0 aliphatic carbocycles. The molecular formula is C16H19ClN2OS. The van der Waals surface area contributed by atoms with Crippen molar-refractivity contribution in [2.45, 2.75) is 32.7 Å². The average Bonchev–Trinajstić information content (AvgIpc) is 2.77. The van der Waals surface area contributed by atoms with Gasteiger partial charge in [-0.25, -0.2) is 0 Å². The minimum Gasteiger partial charge on any atom is -0.397 e. The number of carbonyl (C=O) groups is 1. The van der Waals surface area contributed by atoms with E-state index in [1.54, 1.807) is 0 Å². The Hall–Kier alpha value is -1.26. The average molecular weight is 323 g/mol. The van der Waals surface area contributed by atoms with Crippen LogP contribution in [0, 0.1) is 5.92 Å². The summed E-state index contributed by atoms with van der Waals surface area (Å²) in [7, 11) is 0. The summed E-state index contributed by atoms with van der Waals surface area (Å²) >= 11 is 7.66. The van der Waals surface area contributed by atoms with Crippen molar-refractivity contribution < 1.29 is 4.79 Å². The Morgan fingerprint density at radius 1 is 1.43 bits per heavy atom. The Balaban J connectivity index is 1.99. The molecule has 2 unspecified atom stereocenters. The SMILES string of the molecule is CC1CCN(C(=O)c2sc3cccc(Cl)c3c2N)C(C)C1. The molecule has 1 aromatic heterocycles. The normalized spacial score (nSPS) is 22.7. The number of nitrogen functional groups attached to an aromatic ring is 1. The maximum absolute atomic E-state index is 12.8. The first-order chi connectivity index (χ1) is 9.99. The second kappa shape index (κ2) is 5.50. The maximum Gasteiger partial charge on any atom is 0.266 e. The quantitative estimate of drug-likeness (QED) is 0.846. The fourth-order valence-electron chi connectivity index (χ4n) is 3.13. The monoisotopic (exact) mass is 322 g/mol. The summed E-state index contributed by atoms with van der Waals surface area (Å²) in [6.07, 6.45) is 2.11. The van der Waals surface area contributed by atoms with E-state index in [1.165, 1.54) is 11.3 Å². The molecule has 2 atom stereocenters. The predicted octanol–water partition coefficient (Wildman–Crippen LogP) is 4.40. The highest BCUT2D eigenvalue weighted by Crippen LogP contribution is 2.39. The Kier molecular flexibility index (Phi) is 3.84. The number of nitrogens with zero attached hydrogens (tertiary/aromatic N) is 1. The third kappa shape index (κ3) is 2.51. The van der Waals surface area contributed by atoms with Gasteiger partial charge in [-0.05, 0) is 37.8 Å². The van der Waals surface area contributed by atoms with Crippen LogP contribution in [0.25, 0.3) is 10.1 Å². The highest BCUT2D eigenvalue weighted by molar-refractivity contribution is 7.21. The Morgan fingerprint density at radius 3 is 2.86 bits per heavy atom. The Morgan fingerprint density at radius 2 is 2.19 bits per heavy atom. The van der Waals surface area contributed by atoms with E-state index in [0.717, 1.165) is 29.5 Å². The molecule has 5 heteroatoms. The molecule has 3 rings (SSSR count). The van der Waals surface area contributed by atoms with Crippen LogP contribution in [-0.2, 0) is 0 Å². The van der Waals surface area contributed by atoms with Gasteiger partial charge >= 0.3 is 0 Å². The van der Waals surface area contributed by atoms with Gasteiger partial charge in [-0.3, -0.25) is 4.79 Å². The minimum atomic E-state index is 0.0455. The first-order valence-corrected chi connectivity index (χ1v) is 8.46. The summed E-state index contributed by atoms with van der Waals surface area (Å²) in [5, 5.41) is 1.42. The number of hydrogen-bond donors (Lipinski definition) is 1. The number of carbonyl (C=O) groups excluding carboxylic acids is 1. The lowest BCUT2D eigenvalue weighted by Gasteiger charge is -2.36. The number of fused-ring (bicyclic) bond motifs is 1. The third-order valence-corrected chi connectivity index (χ3v) is 5.77. The van der Waals surface area contributed by atoms with E-state index in [-0.39, 0.29) is 11.9 Å². The highest BCUT2D eigenvalue weighted by Gasteiger charge is 2.30. The van der Waals surface area contributed by atoms with Gasteiger partial charge in [-0.2, -0.15) is 0 Å². The molecule has 1 aliphatic heterocycles. The third-order valence-electron chi connectivity index (χ3n) is 4.29. The van der Waals surface area contributed by atoms with E-state index in [1.807, 2.05) is 23.1 Å². The van der Waals surface area contributed by atoms with Gasteiger partial charge in [-0.1, -0.05) is 24.6 Å². The van der Waals surface area contributed by atoms with Crippen LogP contribution in [-0.4, -0.2) is 23.4 Å². The Bertz CT molecular complexity index is 697. The maximum atomic E-state index is 12.8. The summed E-state index contributed by atoms with van der Waals surface area (Å²) in [6, 6.07) is 5.93. The van der Waals surface area contributed by atoms with Crippen molar-refractivity contribution >= 4 is 44.6 Å². The lowest BCUT2D eigenvalue weighted by molar-refractivity contribution is 0.0594. The molecule has 0 bridgehead atoms. The summed E-state index contributed by atoms with van der Waals surface area (Å²) in [5.74, 6) is 0.724. The van der Waals surface area contributed by atoms with Crippen molar-refractivity contribution in [2.24, 2.45) is 5.92 Å². The number of thiophene rings is 1. The van der Waals surface area contributed by atoms with Gasteiger partial charge in [0.2, 0.25) is 0 Å². The fraction of sp³-hybridized carbons (Fsp3) is 0.438. The summed E-state index contributed by atoms with van der Waals surface area (Å²) in [6.45, 7) is 5.17. The predicted molar refractivity (Wildman–Crippen MR) is 90.1 cm³/mol. The second-order valence-corrected chi connectivity index (χ2v) is 7.39. The molecule has 1 amide bonds. The van der Waals surface area contributed by atoms with Crippen LogP contribution in [0.15, 0.2) is 18.2 Å². The van der Waals surface area contributed by atoms with Crippen LogP contribution in [0.3, 0.4) is 0 Å². The molecule has 112 valence electrons. The molecule has 0 spiro atoms. The number of amides is 1. The number of rotatable bonds is 1. The van der Waals surface area contributed by atoms with E-state index in [0.29, 0.717) is 21.5 Å². The molecule has 1 fully saturated rings. The van der Waals surface area contributed by atoms with E-state index < -0.39 is 0 Å². The van der Waals surface area contributed by atoms with E-state index >= 15 is 0 Å². The lowest BCUT2D eigenvalue weighted by atomic mass is 9.93. The van der Waals surface area contributed by atoms with Crippen molar-refractivity contribution in [3.05, 3.63) is 28.1 Å². The zero-order valence-electron chi connectivity index (χ0n) is 12.2. The van der Waals surface area contributed by atoms with Gasteiger partial charge in [0.05, 0.1) is 10.7 Å². The first-order valence-electron chi connectivity index (χ1n) is 7.26. The van der Waals surface area contributed by atoms with Crippen molar-refractivity contribution in [3.8, 4) is 0 Å². The van der Waals surface area contributed by atoms with Gasteiger partial charge in [0.15, 0.2) is 0 Å². The number of likely N-dealkylation sites (tertiary alicyclic amines) is 1. The Labute approximate surface area is 133 Å². The molecule has 2 aromatic rings. The summed E-state index contributed by atoms with van der Waals surface area (Å²) in [4.78, 5) is 15.4. The standard InChI is InChI=1S/C16H19ClN2OS/c1-9-6-7-19(10(2)8-9)16(20)15-14(18)13-11(17)4-3-5-12(13)21-15/h3-5,9-10H,6-8,18H2,1-2H3. The molecule has 2 N–H and O–H groups in total. The van der Waals surface area contributed by atoms with Crippen LogP contribution >= 0.6 is 22.9 Å². The fourth-order valence-corrected chi connectivity index (χ4v) is 4.56. The van der Waals surface area contributed by atoms with E-state index in [2.05, 4.69) is 13.8 Å². The number of halogens is 1. The molecule has 3 nitrogen and oxygen atoms in total.